The number of aromatic amines is 1. The summed E-state index contributed by atoms with van der Waals surface area (Å²) in [5, 5.41) is 0. The van der Waals surface area contributed by atoms with E-state index < -0.39 is 5.92 Å². The molecule has 2 aromatic rings. The molecule has 3 nitrogen and oxygen atoms in total. The minimum Gasteiger partial charge on any atom is -0.465 e. The average Bonchev–Trinajstić information content (AvgIpc) is 2.94. The number of hydrogen-bond acceptors (Lipinski definition) is 2. The third-order valence-corrected chi connectivity index (χ3v) is 2.60. The van der Waals surface area contributed by atoms with Gasteiger partial charge in [-0.05, 0) is 30.5 Å². The summed E-state index contributed by atoms with van der Waals surface area (Å²) in [6, 6.07) is 13.2. The number of nitrogens with one attached hydrogen (secondary N) is 1. The molecule has 3 heteroatoms. The summed E-state index contributed by atoms with van der Waals surface area (Å²) >= 11 is 0. The van der Waals surface area contributed by atoms with Crippen molar-refractivity contribution in [1.82, 2.24) is 4.98 Å². The minimum absolute atomic E-state index is 0.312. The molecule has 0 saturated heterocycles. The molecule has 96 valence electrons. The molecule has 1 heterocycles. The largest absolute Gasteiger partial charge is 0.465 e. The van der Waals surface area contributed by atoms with Crippen LogP contribution in [0, 0.1) is 11.8 Å². The van der Waals surface area contributed by atoms with Crippen LogP contribution in [0.4, 0.5) is 0 Å². The van der Waals surface area contributed by atoms with Crippen molar-refractivity contribution >= 4 is 5.97 Å². The van der Waals surface area contributed by atoms with E-state index >= 15 is 0 Å². The van der Waals surface area contributed by atoms with Gasteiger partial charge in [0.15, 0.2) is 0 Å². The number of aromatic nitrogens is 1. The van der Waals surface area contributed by atoms with Gasteiger partial charge in [0.1, 0.15) is 5.92 Å². The molecule has 0 amide bonds. The van der Waals surface area contributed by atoms with Gasteiger partial charge in [-0.15, -0.1) is 0 Å². The summed E-state index contributed by atoms with van der Waals surface area (Å²) in [7, 11) is 0. The smallest absolute Gasteiger partial charge is 0.325 e. The highest BCUT2D eigenvalue weighted by atomic mass is 16.5. The van der Waals surface area contributed by atoms with Crippen molar-refractivity contribution in [2.24, 2.45) is 0 Å². The minimum atomic E-state index is -0.551. The van der Waals surface area contributed by atoms with Gasteiger partial charge < -0.3 is 9.72 Å². The molecule has 0 saturated carbocycles. The van der Waals surface area contributed by atoms with Crippen LogP contribution < -0.4 is 0 Å². The highest BCUT2D eigenvalue weighted by molar-refractivity contribution is 5.82. The van der Waals surface area contributed by atoms with E-state index in [4.69, 9.17) is 4.74 Å². The zero-order chi connectivity index (χ0) is 13.5. The van der Waals surface area contributed by atoms with Crippen LogP contribution in [0.25, 0.3) is 0 Å². The van der Waals surface area contributed by atoms with Gasteiger partial charge in [-0.2, -0.15) is 0 Å². The number of carbonyl (C=O) groups is 1. The Bertz CT molecular complexity index is 576. The quantitative estimate of drug-likeness (QED) is 0.675. The average molecular weight is 253 g/mol. The fraction of sp³-hybridized carbons (Fsp3) is 0.188. The molecule has 1 aromatic carbocycles. The van der Waals surface area contributed by atoms with Crippen LogP contribution in [0.5, 0.6) is 0 Å². The first kappa shape index (κ1) is 13.0. The van der Waals surface area contributed by atoms with Crippen molar-refractivity contribution in [2.75, 3.05) is 6.61 Å². The number of hydrogen-bond donors (Lipinski definition) is 1. The maximum atomic E-state index is 12.0. The van der Waals surface area contributed by atoms with E-state index in [9.17, 15) is 4.79 Å². The first-order chi connectivity index (χ1) is 9.31. The SMILES string of the molecule is CCOC(=O)C(C#Cc1ccc[nH]1)c1ccccc1. The molecule has 0 aliphatic rings. The zero-order valence-corrected chi connectivity index (χ0v) is 10.7. The molecular weight excluding hydrogens is 238 g/mol. The maximum Gasteiger partial charge on any atom is 0.325 e. The lowest BCUT2D eigenvalue weighted by Crippen LogP contribution is -2.14. The molecule has 1 N–H and O–H groups in total. The van der Waals surface area contributed by atoms with E-state index in [1.54, 1.807) is 13.1 Å². The second-order valence-electron chi connectivity index (χ2n) is 3.95. The van der Waals surface area contributed by atoms with Crippen LogP contribution in [0.15, 0.2) is 48.7 Å². The lowest BCUT2D eigenvalue weighted by Gasteiger charge is -2.09. The van der Waals surface area contributed by atoms with Crippen LogP contribution in [-0.4, -0.2) is 17.6 Å². The Morgan fingerprint density at radius 1 is 1.26 bits per heavy atom. The number of carbonyl (C=O) groups excluding carboxylic acids is 1. The lowest BCUT2D eigenvalue weighted by atomic mass is 10.00. The Balaban J connectivity index is 2.27. The Labute approximate surface area is 112 Å². The molecule has 0 fully saturated rings. The zero-order valence-electron chi connectivity index (χ0n) is 10.7. The normalized spacial score (nSPS) is 11.2. The molecule has 1 aromatic heterocycles. The number of ether oxygens (including phenoxy) is 1. The van der Waals surface area contributed by atoms with Crippen molar-refractivity contribution in [3.63, 3.8) is 0 Å². The Morgan fingerprint density at radius 3 is 2.68 bits per heavy atom. The van der Waals surface area contributed by atoms with Crippen LogP contribution in [0.1, 0.15) is 24.1 Å². The summed E-state index contributed by atoms with van der Waals surface area (Å²) in [6.07, 6.45) is 1.80. The molecule has 0 radical (unpaired) electrons. The number of rotatable bonds is 3. The van der Waals surface area contributed by atoms with Crippen molar-refractivity contribution < 1.29 is 9.53 Å². The molecule has 0 aliphatic heterocycles. The van der Waals surface area contributed by atoms with E-state index in [2.05, 4.69) is 16.8 Å². The summed E-state index contributed by atoms with van der Waals surface area (Å²) in [5.41, 5.74) is 1.63. The first-order valence-corrected chi connectivity index (χ1v) is 6.17. The Kier molecular flexibility index (Phi) is 4.41. The number of benzene rings is 1. The second kappa shape index (κ2) is 6.46. The predicted octanol–water partition coefficient (Wildman–Crippen LogP) is 2.71. The standard InChI is InChI=1S/C16H15NO2/c1-2-19-16(18)15(13-7-4-3-5-8-13)11-10-14-9-6-12-17-14/h3-9,12,15,17H,2H2,1H3. The van der Waals surface area contributed by atoms with Gasteiger partial charge in [0.25, 0.3) is 0 Å². The van der Waals surface area contributed by atoms with Crippen LogP contribution in [-0.2, 0) is 9.53 Å². The molecular formula is C16H15NO2. The molecule has 2 rings (SSSR count). The lowest BCUT2D eigenvalue weighted by molar-refractivity contribution is -0.143. The van der Waals surface area contributed by atoms with Gasteiger partial charge in [-0.3, -0.25) is 4.79 Å². The Hall–Kier alpha value is -2.47. The molecule has 0 bridgehead atoms. The first-order valence-electron chi connectivity index (χ1n) is 6.17. The van der Waals surface area contributed by atoms with E-state index in [1.165, 1.54) is 0 Å². The highest BCUT2D eigenvalue weighted by Gasteiger charge is 2.19. The van der Waals surface area contributed by atoms with Crippen LogP contribution >= 0.6 is 0 Å². The van der Waals surface area contributed by atoms with Gasteiger partial charge in [-0.1, -0.05) is 36.3 Å². The predicted molar refractivity (Wildman–Crippen MR) is 73.5 cm³/mol. The number of esters is 1. The monoisotopic (exact) mass is 253 g/mol. The molecule has 1 atom stereocenters. The van der Waals surface area contributed by atoms with Gasteiger partial charge in [0.2, 0.25) is 0 Å². The topological polar surface area (TPSA) is 42.1 Å². The third-order valence-electron chi connectivity index (χ3n) is 2.60. The van der Waals surface area contributed by atoms with E-state index in [1.807, 2.05) is 42.5 Å². The summed E-state index contributed by atoms with van der Waals surface area (Å²) in [5.74, 6) is 5.06. The van der Waals surface area contributed by atoms with Crippen molar-refractivity contribution in [2.45, 2.75) is 12.8 Å². The van der Waals surface area contributed by atoms with Crippen LogP contribution in [0.2, 0.25) is 0 Å². The van der Waals surface area contributed by atoms with Gasteiger partial charge in [0, 0.05) is 6.20 Å². The van der Waals surface area contributed by atoms with Gasteiger partial charge in [-0.25, -0.2) is 0 Å². The Morgan fingerprint density at radius 2 is 2.05 bits per heavy atom. The fourth-order valence-electron chi connectivity index (χ4n) is 1.71. The second-order valence-corrected chi connectivity index (χ2v) is 3.95. The number of H-pyrrole nitrogens is 1. The van der Waals surface area contributed by atoms with E-state index in [0.717, 1.165) is 11.3 Å². The fourth-order valence-corrected chi connectivity index (χ4v) is 1.71. The van der Waals surface area contributed by atoms with Gasteiger partial charge in [0.05, 0.1) is 12.3 Å². The van der Waals surface area contributed by atoms with E-state index in [-0.39, 0.29) is 5.97 Å². The van der Waals surface area contributed by atoms with Crippen LogP contribution in [0.3, 0.4) is 0 Å². The summed E-state index contributed by atoms with van der Waals surface area (Å²) in [6.45, 7) is 2.14. The molecule has 1 unspecified atom stereocenters. The highest BCUT2D eigenvalue weighted by Crippen LogP contribution is 2.16. The molecule has 19 heavy (non-hydrogen) atoms. The van der Waals surface area contributed by atoms with Crippen molar-refractivity contribution in [3.8, 4) is 11.8 Å². The molecule has 0 aliphatic carbocycles. The van der Waals surface area contributed by atoms with E-state index in [0.29, 0.717) is 6.61 Å². The summed E-state index contributed by atoms with van der Waals surface area (Å²) < 4.78 is 5.08. The summed E-state index contributed by atoms with van der Waals surface area (Å²) in [4.78, 5) is 15.0. The van der Waals surface area contributed by atoms with Crippen molar-refractivity contribution in [3.05, 3.63) is 59.9 Å². The van der Waals surface area contributed by atoms with Crippen molar-refractivity contribution in [1.29, 1.82) is 0 Å². The van der Waals surface area contributed by atoms with Gasteiger partial charge >= 0.3 is 5.97 Å². The molecule has 0 spiro atoms. The third kappa shape index (κ3) is 3.49. The maximum absolute atomic E-state index is 12.0.